The van der Waals surface area contributed by atoms with E-state index in [2.05, 4.69) is 4.98 Å². The molecule has 0 aliphatic carbocycles. The fourth-order valence-electron chi connectivity index (χ4n) is 4.62. The summed E-state index contributed by atoms with van der Waals surface area (Å²) in [5.74, 6) is -2.66. The monoisotopic (exact) mass is 463 g/mol. The second-order valence-electron chi connectivity index (χ2n) is 8.62. The second-order valence-corrected chi connectivity index (χ2v) is 8.62. The number of pyridine rings is 1. The van der Waals surface area contributed by atoms with E-state index < -0.39 is 17.5 Å². The highest BCUT2D eigenvalue weighted by atomic mass is 19.2. The number of carbonyl (C=O) groups excluding carboxylic acids is 2. The lowest BCUT2D eigenvalue weighted by Crippen LogP contribution is -2.48. The van der Waals surface area contributed by atoms with Crippen molar-refractivity contribution in [3.8, 4) is 0 Å². The summed E-state index contributed by atoms with van der Waals surface area (Å²) in [6.07, 6.45) is 3.58. The van der Waals surface area contributed by atoms with Crippen LogP contribution >= 0.6 is 0 Å². The van der Waals surface area contributed by atoms with Gasteiger partial charge in [0.05, 0.1) is 5.56 Å². The fraction of sp³-hybridized carbons (Fsp3) is 0.296. The highest BCUT2D eigenvalue weighted by molar-refractivity contribution is 5.94. The van der Waals surface area contributed by atoms with Crippen molar-refractivity contribution in [1.29, 1.82) is 0 Å². The number of likely N-dealkylation sites (tertiary alicyclic amines) is 1. The molecule has 34 heavy (non-hydrogen) atoms. The number of amides is 2. The van der Waals surface area contributed by atoms with Gasteiger partial charge in [0.25, 0.3) is 11.8 Å². The van der Waals surface area contributed by atoms with Gasteiger partial charge in [0, 0.05) is 32.4 Å². The Morgan fingerprint density at radius 2 is 1.71 bits per heavy atom. The number of rotatable bonds is 6. The first kappa shape index (κ1) is 23.5. The van der Waals surface area contributed by atoms with Gasteiger partial charge in [0.1, 0.15) is 5.69 Å². The number of carbonyl (C=O) groups is 2. The van der Waals surface area contributed by atoms with E-state index in [9.17, 15) is 18.4 Å². The molecule has 1 aliphatic heterocycles. The lowest BCUT2D eigenvalue weighted by Gasteiger charge is -2.40. The number of likely N-dealkylation sites (N-methyl/N-ethyl adjacent to an activating group) is 1. The first-order chi connectivity index (χ1) is 16.5. The van der Waals surface area contributed by atoms with Crippen LogP contribution in [0.4, 0.5) is 8.78 Å². The zero-order valence-electron chi connectivity index (χ0n) is 19.0. The molecule has 0 bridgehead atoms. The van der Waals surface area contributed by atoms with Gasteiger partial charge in [0.2, 0.25) is 0 Å². The molecule has 1 aliphatic rings. The molecular weight excluding hydrogens is 436 g/mol. The fourth-order valence-corrected chi connectivity index (χ4v) is 4.62. The van der Waals surface area contributed by atoms with Crippen LogP contribution in [-0.2, 0) is 6.42 Å². The molecule has 3 aromatic rings. The van der Waals surface area contributed by atoms with E-state index in [1.807, 2.05) is 30.3 Å². The number of nitrogens with zero attached hydrogens (tertiary/aromatic N) is 3. The molecule has 0 unspecified atom stereocenters. The molecule has 1 saturated heterocycles. The Labute approximate surface area is 198 Å². The first-order valence-corrected chi connectivity index (χ1v) is 11.4. The van der Waals surface area contributed by atoms with Gasteiger partial charge < -0.3 is 9.80 Å². The van der Waals surface area contributed by atoms with Gasteiger partial charge in [-0.1, -0.05) is 42.5 Å². The van der Waals surface area contributed by atoms with Gasteiger partial charge in [-0.05, 0) is 55.0 Å². The van der Waals surface area contributed by atoms with Crippen molar-refractivity contribution in [2.24, 2.45) is 5.92 Å². The topological polar surface area (TPSA) is 53.5 Å². The molecule has 4 rings (SSSR count). The summed E-state index contributed by atoms with van der Waals surface area (Å²) in [4.78, 5) is 33.5. The minimum absolute atomic E-state index is 0.0972. The molecular formula is C27H27F2N3O2. The molecule has 1 aromatic heterocycles. The number of hydrogen-bond acceptors (Lipinski definition) is 3. The number of aromatic nitrogens is 1. The van der Waals surface area contributed by atoms with Crippen molar-refractivity contribution >= 4 is 11.8 Å². The van der Waals surface area contributed by atoms with Crippen molar-refractivity contribution in [2.75, 3.05) is 20.1 Å². The SMILES string of the molecule is CN(C(=O)c1ccccn1)[C@@H](Cc1ccccc1)C1CCN(C(=O)c2cccc(F)c2F)CC1. The highest BCUT2D eigenvalue weighted by Crippen LogP contribution is 2.28. The lowest BCUT2D eigenvalue weighted by atomic mass is 9.84. The molecule has 0 radical (unpaired) electrons. The average Bonchev–Trinajstić information content (AvgIpc) is 2.89. The van der Waals surface area contributed by atoms with Gasteiger partial charge in [-0.25, -0.2) is 8.78 Å². The molecule has 1 fully saturated rings. The van der Waals surface area contributed by atoms with Crippen LogP contribution in [0.15, 0.2) is 72.9 Å². The van der Waals surface area contributed by atoms with Crippen LogP contribution in [0.25, 0.3) is 0 Å². The van der Waals surface area contributed by atoms with E-state index in [1.165, 1.54) is 12.1 Å². The minimum atomic E-state index is -1.11. The quantitative estimate of drug-likeness (QED) is 0.537. The molecule has 5 nitrogen and oxygen atoms in total. The molecule has 2 aromatic carbocycles. The predicted octanol–water partition coefficient (Wildman–Crippen LogP) is 4.60. The first-order valence-electron chi connectivity index (χ1n) is 11.4. The summed E-state index contributed by atoms with van der Waals surface area (Å²) in [6, 6.07) is 18.8. The van der Waals surface area contributed by atoms with Crippen LogP contribution in [0.2, 0.25) is 0 Å². The Kier molecular flexibility index (Phi) is 7.30. The Bertz CT molecular complexity index is 1130. The van der Waals surface area contributed by atoms with Crippen LogP contribution in [-0.4, -0.2) is 52.8 Å². The molecule has 2 amide bonds. The summed E-state index contributed by atoms with van der Waals surface area (Å²) >= 11 is 0. The van der Waals surface area contributed by atoms with Crippen LogP contribution in [0.1, 0.15) is 39.3 Å². The zero-order chi connectivity index (χ0) is 24.1. The number of piperidine rings is 1. The molecule has 0 saturated carbocycles. The Balaban J connectivity index is 1.50. The number of halogens is 2. The average molecular weight is 464 g/mol. The summed E-state index contributed by atoms with van der Waals surface area (Å²) < 4.78 is 27.7. The molecule has 176 valence electrons. The van der Waals surface area contributed by atoms with Gasteiger partial charge >= 0.3 is 0 Å². The summed E-state index contributed by atoms with van der Waals surface area (Å²) in [5, 5.41) is 0. The predicted molar refractivity (Wildman–Crippen MR) is 125 cm³/mol. The van der Waals surface area contributed by atoms with Gasteiger partial charge in [-0.2, -0.15) is 0 Å². The largest absolute Gasteiger partial charge is 0.339 e. The normalized spacial score (nSPS) is 15.1. The summed E-state index contributed by atoms with van der Waals surface area (Å²) in [7, 11) is 1.80. The van der Waals surface area contributed by atoms with Crippen LogP contribution < -0.4 is 0 Å². The van der Waals surface area contributed by atoms with Crippen molar-refractivity contribution in [3.05, 3.63) is 101 Å². The van der Waals surface area contributed by atoms with E-state index in [1.54, 1.807) is 41.2 Å². The number of benzene rings is 2. The van der Waals surface area contributed by atoms with Gasteiger partial charge in [-0.3, -0.25) is 14.6 Å². The van der Waals surface area contributed by atoms with Crippen molar-refractivity contribution in [3.63, 3.8) is 0 Å². The molecule has 7 heteroatoms. The third-order valence-electron chi connectivity index (χ3n) is 6.54. The van der Waals surface area contributed by atoms with Crippen LogP contribution in [0.5, 0.6) is 0 Å². The van der Waals surface area contributed by atoms with Crippen LogP contribution in [0.3, 0.4) is 0 Å². The second kappa shape index (κ2) is 10.5. The van der Waals surface area contributed by atoms with E-state index in [4.69, 9.17) is 0 Å². The molecule has 0 N–H and O–H groups in total. The van der Waals surface area contributed by atoms with E-state index in [0.717, 1.165) is 11.6 Å². The third-order valence-corrected chi connectivity index (χ3v) is 6.54. The van der Waals surface area contributed by atoms with Crippen molar-refractivity contribution < 1.29 is 18.4 Å². The molecule has 1 atom stereocenters. The van der Waals surface area contributed by atoms with Crippen molar-refractivity contribution in [1.82, 2.24) is 14.8 Å². The van der Waals surface area contributed by atoms with E-state index >= 15 is 0 Å². The van der Waals surface area contributed by atoms with E-state index in [0.29, 0.717) is 38.0 Å². The smallest absolute Gasteiger partial charge is 0.272 e. The maximum Gasteiger partial charge on any atom is 0.272 e. The molecule has 2 heterocycles. The Hall–Kier alpha value is -3.61. The highest BCUT2D eigenvalue weighted by Gasteiger charge is 2.34. The third kappa shape index (κ3) is 5.14. The molecule has 0 spiro atoms. The Morgan fingerprint density at radius 1 is 1.00 bits per heavy atom. The van der Waals surface area contributed by atoms with Gasteiger partial charge in [-0.15, -0.1) is 0 Å². The van der Waals surface area contributed by atoms with Gasteiger partial charge in [0.15, 0.2) is 11.6 Å². The van der Waals surface area contributed by atoms with E-state index in [-0.39, 0.29) is 23.4 Å². The standard InChI is InChI=1S/C27H27F2N3O2/c1-31(27(34)23-12-5-6-15-30-23)24(18-19-8-3-2-4-9-19)20-13-16-32(17-14-20)26(33)21-10-7-11-22(28)25(21)29/h2-12,15,20,24H,13-14,16-18H2,1H3/t24-/m0/s1. The lowest BCUT2D eigenvalue weighted by molar-refractivity contribution is 0.0516. The summed E-state index contributed by atoms with van der Waals surface area (Å²) in [6.45, 7) is 0.826. The Morgan fingerprint density at radius 3 is 2.38 bits per heavy atom. The maximum atomic E-state index is 14.1. The van der Waals surface area contributed by atoms with Crippen molar-refractivity contribution in [2.45, 2.75) is 25.3 Å². The minimum Gasteiger partial charge on any atom is -0.339 e. The summed E-state index contributed by atoms with van der Waals surface area (Å²) in [5.41, 5.74) is 1.26. The maximum absolute atomic E-state index is 14.1. The zero-order valence-corrected chi connectivity index (χ0v) is 19.0. The number of hydrogen-bond donors (Lipinski definition) is 0. The van der Waals surface area contributed by atoms with Crippen LogP contribution in [0, 0.1) is 17.6 Å².